The Balaban J connectivity index is 1.75. The summed E-state index contributed by atoms with van der Waals surface area (Å²) in [5, 5.41) is 13.1. The Labute approximate surface area is 204 Å². The van der Waals surface area contributed by atoms with Gasteiger partial charge >= 0.3 is 5.97 Å². The number of aromatic nitrogens is 3. The van der Waals surface area contributed by atoms with Crippen LogP contribution in [-0.2, 0) is 20.7 Å². The molecule has 1 aromatic heterocycles. The van der Waals surface area contributed by atoms with Gasteiger partial charge in [0.1, 0.15) is 0 Å². The Morgan fingerprint density at radius 1 is 1.29 bits per heavy atom. The molecule has 1 fully saturated rings. The lowest BCUT2D eigenvalue weighted by molar-refractivity contribution is -0.149. The van der Waals surface area contributed by atoms with E-state index >= 15 is 0 Å². The maximum atomic E-state index is 12.8. The van der Waals surface area contributed by atoms with Crippen molar-refractivity contribution >= 4 is 29.6 Å². The molecular weight excluding hydrogens is 458 g/mol. The van der Waals surface area contributed by atoms with Crippen LogP contribution >= 0.6 is 11.6 Å². The number of carbonyl (C=O) groups is 2. The van der Waals surface area contributed by atoms with Crippen molar-refractivity contribution in [1.29, 1.82) is 0 Å². The van der Waals surface area contributed by atoms with Gasteiger partial charge in [-0.25, -0.2) is 0 Å². The first-order chi connectivity index (χ1) is 16.6. The Kier molecular flexibility index (Phi) is 10.5. The molecule has 9 nitrogen and oxygen atoms in total. The van der Waals surface area contributed by atoms with Crippen LogP contribution in [0.4, 0.5) is 0 Å². The highest BCUT2D eigenvalue weighted by Crippen LogP contribution is 2.18. The first-order valence-corrected chi connectivity index (χ1v) is 12.1. The lowest BCUT2D eigenvalue weighted by Gasteiger charge is -2.31. The Bertz CT molecular complexity index is 914. The third-order valence-corrected chi connectivity index (χ3v) is 5.79. The molecule has 2 heterocycles. The monoisotopic (exact) mass is 489 g/mol. The maximum absolute atomic E-state index is 12.8. The number of benzene rings is 1. The summed E-state index contributed by atoms with van der Waals surface area (Å²) in [7, 11) is 0. The van der Waals surface area contributed by atoms with E-state index in [1.54, 1.807) is 6.92 Å². The Hall–Kier alpha value is -2.75. The fourth-order valence-electron chi connectivity index (χ4n) is 3.94. The van der Waals surface area contributed by atoms with Gasteiger partial charge in [-0.3, -0.25) is 14.5 Å². The number of amides is 1. The molecule has 1 aliphatic rings. The van der Waals surface area contributed by atoms with Gasteiger partial charge in [0.05, 0.1) is 31.9 Å². The van der Waals surface area contributed by atoms with Crippen LogP contribution in [0.25, 0.3) is 6.08 Å². The normalized spacial score (nSPS) is 16.3. The molecule has 1 aromatic carbocycles. The first kappa shape index (κ1) is 25.9. The van der Waals surface area contributed by atoms with Crippen molar-refractivity contribution in [3.8, 4) is 0 Å². The van der Waals surface area contributed by atoms with Gasteiger partial charge in [-0.15, -0.1) is 11.6 Å². The van der Waals surface area contributed by atoms with Crippen molar-refractivity contribution in [2.45, 2.75) is 25.8 Å². The minimum atomic E-state index is -0.383. The molecule has 2 N–H and O–H groups in total. The van der Waals surface area contributed by atoms with Crippen molar-refractivity contribution in [1.82, 2.24) is 25.6 Å². The fraction of sp³-hybridized carbons (Fsp3) is 0.500. The number of allylic oxidation sites excluding steroid dienone is 1. The highest BCUT2D eigenvalue weighted by molar-refractivity contribution is 6.19. The topological polar surface area (TPSA) is 109 Å². The van der Waals surface area contributed by atoms with Crippen molar-refractivity contribution in [3.63, 3.8) is 0 Å². The zero-order valence-corrected chi connectivity index (χ0v) is 20.2. The number of nitrogens with one attached hydrogen (secondary N) is 2. The second-order valence-electron chi connectivity index (χ2n) is 8.13. The van der Waals surface area contributed by atoms with Gasteiger partial charge in [0.25, 0.3) is 5.91 Å². The molecule has 1 amide bonds. The van der Waals surface area contributed by atoms with E-state index in [4.69, 9.17) is 21.1 Å². The van der Waals surface area contributed by atoms with E-state index in [9.17, 15) is 9.59 Å². The third kappa shape index (κ3) is 8.23. The molecule has 3 rings (SSSR count). The standard InChI is InChI=1S/C24H32ClN5O4/c1-2-34-24(32)20(17-30-10-12-33-13-11-30)15-21(27-23(31)22-16-26-29-28-22)14-19-7-5-18(6-8-19)4-3-9-25/h3-8,16,20-21H,2,9-15,17H2,1H3,(H,27,31)(H,26,28,29). The smallest absolute Gasteiger partial charge is 0.310 e. The second kappa shape index (κ2) is 13.8. The number of morpholine rings is 1. The molecule has 1 saturated heterocycles. The van der Waals surface area contributed by atoms with Crippen LogP contribution in [0.2, 0.25) is 0 Å². The molecule has 0 saturated carbocycles. The summed E-state index contributed by atoms with van der Waals surface area (Å²) in [6.45, 7) is 5.49. The van der Waals surface area contributed by atoms with Crippen LogP contribution in [0.15, 0.2) is 36.5 Å². The second-order valence-corrected chi connectivity index (χ2v) is 8.43. The van der Waals surface area contributed by atoms with Crippen LogP contribution in [-0.4, -0.2) is 83.6 Å². The van der Waals surface area contributed by atoms with E-state index < -0.39 is 0 Å². The van der Waals surface area contributed by atoms with Gasteiger partial charge in [0, 0.05) is 31.6 Å². The predicted octanol–water partition coefficient (Wildman–Crippen LogP) is 2.30. The number of halogens is 1. The molecule has 34 heavy (non-hydrogen) atoms. The number of H-pyrrole nitrogens is 1. The fourth-order valence-corrected chi connectivity index (χ4v) is 4.03. The molecule has 0 aliphatic carbocycles. The number of esters is 1. The van der Waals surface area contributed by atoms with Gasteiger partial charge in [0.15, 0.2) is 5.69 Å². The summed E-state index contributed by atoms with van der Waals surface area (Å²) in [5.74, 6) is -0.520. The Morgan fingerprint density at radius 3 is 2.71 bits per heavy atom. The molecule has 0 radical (unpaired) electrons. The highest BCUT2D eigenvalue weighted by atomic mass is 35.5. The molecule has 0 spiro atoms. The van der Waals surface area contributed by atoms with Crippen molar-refractivity contribution in [3.05, 3.63) is 53.4 Å². The number of carbonyl (C=O) groups excluding carboxylic acids is 2. The van der Waals surface area contributed by atoms with E-state index in [0.29, 0.717) is 45.1 Å². The first-order valence-electron chi connectivity index (χ1n) is 11.5. The molecule has 10 heteroatoms. The summed E-state index contributed by atoms with van der Waals surface area (Å²) in [5.41, 5.74) is 2.29. The maximum Gasteiger partial charge on any atom is 0.310 e. The molecule has 184 valence electrons. The van der Waals surface area contributed by atoms with Gasteiger partial charge in [-0.2, -0.15) is 15.4 Å². The Morgan fingerprint density at radius 2 is 2.06 bits per heavy atom. The van der Waals surface area contributed by atoms with E-state index in [2.05, 4.69) is 25.6 Å². The van der Waals surface area contributed by atoms with E-state index in [-0.39, 0.29) is 29.5 Å². The summed E-state index contributed by atoms with van der Waals surface area (Å²) in [4.78, 5) is 27.8. The molecule has 2 unspecified atom stereocenters. The van der Waals surface area contributed by atoms with Crippen LogP contribution in [0.1, 0.15) is 35.0 Å². The summed E-state index contributed by atoms with van der Waals surface area (Å²) in [6.07, 6.45) is 6.21. The van der Waals surface area contributed by atoms with Crippen LogP contribution in [0, 0.1) is 5.92 Å². The van der Waals surface area contributed by atoms with Crippen LogP contribution in [0.5, 0.6) is 0 Å². The molecule has 0 bridgehead atoms. The number of hydrogen-bond donors (Lipinski definition) is 2. The number of rotatable bonds is 12. The van der Waals surface area contributed by atoms with Crippen molar-refractivity contribution in [2.75, 3.05) is 45.3 Å². The van der Waals surface area contributed by atoms with Gasteiger partial charge in [0.2, 0.25) is 0 Å². The zero-order valence-electron chi connectivity index (χ0n) is 19.4. The molecule has 2 atom stereocenters. The SMILES string of the molecule is CCOC(=O)C(CC(Cc1ccc(C=CCCl)cc1)NC(=O)c1cn[nH]n1)CN1CCOCC1. The third-order valence-electron chi connectivity index (χ3n) is 5.62. The van der Waals surface area contributed by atoms with Crippen molar-refractivity contribution < 1.29 is 19.1 Å². The van der Waals surface area contributed by atoms with Crippen molar-refractivity contribution in [2.24, 2.45) is 5.92 Å². The van der Waals surface area contributed by atoms with Crippen LogP contribution < -0.4 is 5.32 Å². The average Bonchev–Trinajstić information content (AvgIpc) is 3.39. The molecular formula is C24H32ClN5O4. The van der Waals surface area contributed by atoms with Gasteiger partial charge in [-0.1, -0.05) is 36.4 Å². The summed E-state index contributed by atoms with van der Waals surface area (Å²) in [6, 6.07) is 7.75. The molecule has 1 aliphatic heterocycles. The minimum Gasteiger partial charge on any atom is -0.466 e. The van der Waals surface area contributed by atoms with E-state index in [1.807, 2.05) is 36.4 Å². The van der Waals surface area contributed by atoms with E-state index in [0.717, 1.165) is 24.2 Å². The lowest BCUT2D eigenvalue weighted by atomic mass is 9.93. The lowest BCUT2D eigenvalue weighted by Crippen LogP contribution is -2.45. The number of hydrogen-bond acceptors (Lipinski definition) is 7. The minimum absolute atomic E-state index is 0.201. The van der Waals surface area contributed by atoms with Crippen LogP contribution in [0.3, 0.4) is 0 Å². The highest BCUT2D eigenvalue weighted by Gasteiger charge is 2.29. The van der Waals surface area contributed by atoms with E-state index in [1.165, 1.54) is 6.20 Å². The largest absolute Gasteiger partial charge is 0.466 e. The average molecular weight is 490 g/mol. The predicted molar refractivity (Wildman–Crippen MR) is 130 cm³/mol. The number of ether oxygens (including phenoxy) is 2. The number of aromatic amines is 1. The quantitative estimate of drug-likeness (QED) is 0.347. The zero-order chi connectivity index (χ0) is 24.2. The van der Waals surface area contributed by atoms with Gasteiger partial charge < -0.3 is 14.8 Å². The number of nitrogens with zero attached hydrogens (tertiary/aromatic N) is 3. The summed E-state index contributed by atoms with van der Waals surface area (Å²) < 4.78 is 10.8. The number of alkyl halides is 1. The molecule has 2 aromatic rings. The van der Waals surface area contributed by atoms with Gasteiger partial charge in [-0.05, 0) is 30.9 Å². The summed E-state index contributed by atoms with van der Waals surface area (Å²) >= 11 is 5.72.